The Morgan fingerprint density at radius 1 is 1.36 bits per heavy atom. The minimum atomic E-state index is -0.218. The number of halogens is 1. The first kappa shape index (κ1) is 18.4. The van der Waals surface area contributed by atoms with Crippen molar-refractivity contribution in [3.8, 4) is 0 Å². The van der Waals surface area contributed by atoms with Crippen molar-refractivity contribution < 1.29 is 4.79 Å². The summed E-state index contributed by atoms with van der Waals surface area (Å²) in [5.74, 6) is 1.11. The van der Waals surface area contributed by atoms with Crippen molar-refractivity contribution in [2.75, 3.05) is 37.6 Å². The molecule has 0 bridgehead atoms. The third-order valence-electron chi connectivity index (χ3n) is 5.21. The molecular weight excluding hydrogens is 338 g/mol. The van der Waals surface area contributed by atoms with Crippen molar-refractivity contribution in [1.82, 2.24) is 20.2 Å². The van der Waals surface area contributed by atoms with Gasteiger partial charge in [-0.15, -0.1) is 0 Å². The van der Waals surface area contributed by atoms with E-state index in [2.05, 4.69) is 38.9 Å². The summed E-state index contributed by atoms with van der Waals surface area (Å²) in [4.78, 5) is 25.8. The molecule has 1 N–H and O–H groups in total. The second-order valence-electron chi connectivity index (χ2n) is 7.36. The van der Waals surface area contributed by atoms with E-state index in [0.29, 0.717) is 23.6 Å². The number of hydrogen-bond donors (Lipinski definition) is 1. The van der Waals surface area contributed by atoms with Gasteiger partial charge in [-0.1, -0.05) is 18.5 Å². The first-order valence-electron chi connectivity index (χ1n) is 9.34. The van der Waals surface area contributed by atoms with Crippen LogP contribution in [-0.2, 0) is 0 Å². The van der Waals surface area contributed by atoms with E-state index in [1.807, 2.05) is 0 Å². The molecular formula is C18H28ClN5O. The summed E-state index contributed by atoms with van der Waals surface area (Å²) in [5.41, 5.74) is 0.276. The van der Waals surface area contributed by atoms with Crippen LogP contribution in [0, 0.1) is 5.92 Å². The molecule has 0 aliphatic carbocycles. The standard InChI is InChI=1S/C18H28ClN5O/c1-13-6-5-9-24(12-13)14(2)10-20-17(25)16-15(19)11-21-18(22-16)23-7-3-4-8-23/h11,13-14H,3-10,12H2,1-2H3,(H,20,25)/t13-,14-/m0/s1. The zero-order chi connectivity index (χ0) is 17.8. The number of nitrogens with zero attached hydrogens (tertiary/aromatic N) is 4. The smallest absolute Gasteiger partial charge is 0.271 e. The number of likely N-dealkylation sites (tertiary alicyclic amines) is 1. The summed E-state index contributed by atoms with van der Waals surface area (Å²) in [7, 11) is 0. The molecule has 0 saturated carbocycles. The molecule has 2 atom stereocenters. The molecule has 3 heterocycles. The minimum absolute atomic E-state index is 0.218. The third kappa shape index (κ3) is 4.61. The van der Waals surface area contributed by atoms with Crippen molar-refractivity contribution in [1.29, 1.82) is 0 Å². The Morgan fingerprint density at radius 3 is 2.84 bits per heavy atom. The molecule has 0 radical (unpaired) electrons. The van der Waals surface area contributed by atoms with Gasteiger partial charge in [-0.2, -0.15) is 0 Å². The van der Waals surface area contributed by atoms with E-state index in [4.69, 9.17) is 11.6 Å². The number of nitrogens with one attached hydrogen (secondary N) is 1. The van der Waals surface area contributed by atoms with Crippen molar-refractivity contribution in [2.45, 2.75) is 45.6 Å². The molecule has 25 heavy (non-hydrogen) atoms. The van der Waals surface area contributed by atoms with Gasteiger partial charge in [0.25, 0.3) is 5.91 Å². The number of piperidine rings is 1. The van der Waals surface area contributed by atoms with E-state index in [1.54, 1.807) is 0 Å². The number of amides is 1. The zero-order valence-corrected chi connectivity index (χ0v) is 15.9. The quantitative estimate of drug-likeness (QED) is 0.869. The van der Waals surface area contributed by atoms with Crippen LogP contribution in [0.15, 0.2) is 6.20 Å². The fraction of sp³-hybridized carbons (Fsp3) is 0.722. The van der Waals surface area contributed by atoms with E-state index in [1.165, 1.54) is 19.0 Å². The third-order valence-corrected chi connectivity index (χ3v) is 5.48. The fourth-order valence-corrected chi connectivity index (χ4v) is 3.84. The maximum Gasteiger partial charge on any atom is 0.271 e. The zero-order valence-electron chi connectivity index (χ0n) is 15.2. The Labute approximate surface area is 155 Å². The number of aromatic nitrogens is 2. The highest BCUT2D eigenvalue weighted by atomic mass is 35.5. The number of carbonyl (C=O) groups excluding carboxylic acids is 1. The molecule has 0 unspecified atom stereocenters. The van der Waals surface area contributed by atoms with Gasteiger partial charge >= 0.3 is 0 Å². The Hall–Kier alpha value is -1.40. The number of carbonyl (C=O) groups is 1. The molecule has 3 rings (SSSR count). The van der Waals surface area contributed by atoms with E-state index in [0.717, 1.165) is 44.9 Å². The van der Waals surface area contributed by atoms with Crippen LogP contribution in [-0.4, -0.2) is 59.5 Å². The van der Waals surface area contributed by atoms with Crippen LogP contribution in [0.3, 0.4) is 0 Å². The summed E-state index contributed by atoms with van der Waals surface area (Å²) in [5, 5.41) is 3.30. The molecule has 7 heteroatoms. The van der Waals surface area contributed by atoms with E-state index >= 15 is 0 Å². The van der Waals surface area contributed by atoms with E-state index < -0.39 is 0 Å². The summed E-state index contributed by atoms with van der Waals surface area (Å²) in [6.07, 6.45) is 6.34. The highest BCUT2D eigenvalue weighted by Gasteiger charge is 2.23. The Bertz CT molecular complexity index is 605. The van der Waals surface area contributed by atoms with Gasteiger partial charge in [0.1, 0.15) is 0 Å². The molecule has 2 aliphatic heterocycles. The number of hydrogen-bond acceptors (Lipinski definition) is 5. The highest BCUT2D eigenvalue weighted by Crippen LogP contribution is 2.20. The lowest BCUT2D eigenvalue weighted by molar-refractivity contribution is 0.0913. The van der Waals surface area contributed by atoms with Crippen molar-refractivity contribution in [3.63, 3.8) is 0 Å². The minimum Gasteiger partial charge on any atom is -0.349 e. The molecule has 2 saturated heterocycles. The van der Waals surface area contributed by atoms with Crippen LogP contribution >= 0.6 is 11.6 Å². The SMILES string of the molecule is C[C@H]1CCCN([C@@H](C)CNC(=O)c2nc(N3CCCC3)ncc2Cl)C1. The molecule has 1 aromatic heterocycles. The van der Waals surface area contributed by atoms with Crippen molar-refractivity contribution in [3.05, 3.63) is 16.9 Å². The Balaban J connectivity index is 1.59. The summed E-state index contributed by atoms with van der Waals surface area (Å²) < 4.78 is 0. The summed E-state index contributed by atoms with van der Waals surface area (Å²) in [6, 6.07) is 0.311. The molecule has 138 valence electrons. The van der Waals surface area contributed by atoms with Gasteiger partial charge in [-0.3, -0.25) is 9.69 Å². The van der Waals surface area contributed by atoms with Gasteiger partial charge < -0.3 is 10.2 Å². The Kier molecular flexibility index (Phi) is 6.12. The highest BCUT2D eigenvalue weighted by molar-refractivity contribution is 6.33. The van der Waals surface area contributed by atoms with Crippen LogP contribution in [0.5, 0.6) is 0 Å². The maximum atomic E-state index is 12.6. The van der Waals surface area contributed by atoms with Crippen LogP contribution in [0.4, 0.5) is 5.95 Å². The largest absolute Gasteiger partial charge is 0.349 e. The predicted molar refractivity (Wildman–Crippen MR) is 100 cm³/mol. The van der Waals surface area contributed by atoms with E-state index in [-0.39, 0.29) is 11.6 Å². The summed E-state index contributed by atoms with van der Waals surface area (Å²) >= 11 is 6.17. The molecule has 0 aromatic carbocycles. The van der Waals surface area contributed by atoms with Gasteiger partial charge in [0.2, 0.25) is 5.95 Å². The summed E-state index contributed by atoms with van der Waals surface area (Å²) in [6.45, 7) is 9.14. The number of rotatable bonds is 5. The lowest BCUT2D eigenvalue weighted by atomic mass is 9.99. The first-order valence-corrected chi connectivity index (χ1v) is 9.72. The fourth-order valence-electron chi connectivity index (χ4n) is 3.67. The second-order valence-corrected chi connectivity index (χ2v) is 7.77. The predicted octanol–water partition coefficient (Wildman–Crippen LogP) is 2.58. The van der Waals surface area contributed by atoms with Crippen LogP contribution < -0.4 is 10.2 Å². The molecule has 0 spiro atoms. The molecule has 1 amide bonds. The monoisotopic (exact) mass is 365 g/mol. The van der Waals surface area contributed by atoms with Gasteiger partial charge in [0.05, 0.1) is 11.2 Å². The van der Waals surface area contributed by atoms with Gasteiger partial charge in [-0.25, -0.2) is 9.97 Å². The van der Waals surface area contributed by atoms with Crippen LogP contribution in [0.1, 0.15) is 50.0 Å². The normalized spacial score (nSPS) is 22.8. The van der Waals surface area contributed by atoms with E-state index in [9.17, 15) is 4.79 Å². The molecule has 2 aliphatic rings. The van der Waals surface area contributed by atoms with Crippen molar-refractivity contribution >= 4 is 23.5 Å². The lowest BCUT2D eigenvalue weighted by Crippen LogP contribution is -2.46. The number of anilines is 1. The van der Waals surface area contributed by atoms with Crippen LogP contribution in [0.25, 0.3) is 0 Å². The van der Waals surface area contributed by atoms with Gasteiger partial charge in [-0.05, 0) is 45.1 Å². The first-order chi connectivity index (χ1) is 12.0. The van der Waals surface area contributed by atoms with Gasteiger partial charge in [0.15, 0.2) is 5.69 Å². The van der Waals surface area contributed by atoms with Crippen LogP contribution in [0.2, 0.25) is 5.02 Å². The van der Waals surface area contributed by atoms with Gasteiger partial charge in [0, 0.05) is 32.2 Å². The average Bonchev–Trinajstić information content (AvgIpc) is 3.14. The lowest BCUT2D eigenvalue weighted by Gasteiger charge is -2.35. The maximum absolute atomic E-state index is 12.6. The molecule has 6 nitrogen and oxygen atoms in total. The Morgan fingerprint density at radius 2 is 2.12 bits per heavy atom. The molecule has 2 fully saturated rings. The van der Waals surface area contributed by atoms with Crippen molar-refractivity contribution in [2.24, 2.45) is 5.92 Å². The second kappa shape index (κ2) is 8.32. The topological polar surface area (TPSA) is 61.4 Å². The average molecular weight is 366 g/mol. The molecule has 1 aromatic rings.